The van der Waals surface area contributed by atoms with Gasteiger partial charge in [-0.3, -0.25) is 9.89 Å². The highest BCUT2D eigenvalue weighted by atomic mass is 32.2. The fraction of sp³-hybridized carbons (Fsp3) is 0.211. The van der Waals surface area contributed by atoms with Gasteiger partial charge in [-0.1, -0.05) is 24.3 Å². The van der Waals surface area contributed by atoms with E-state index in [2.05, 4.69) is 10.2 Å². The first-order valence-electron chi connectivity index (χ1n) is 8.73. The molecule has 28 heavy (non-hydrogen) atoms. The fourth-order valence-corrected chi connectivity index (χ4v) is 4.94. The number of hydrogen-bond acceptors (Lipinski definition) is 5. The van der Waals surface area contributed by atoms with E-state index in [1.165, 1.54) is 16.4 Å². The summed E-state index contributed by atoms with van der Waals surface area (Å²) in [6.45, 7) is 0.897. The number of carbonyl (C=O) groups excluding carboxylic acids is 1. The summed E-state index contributed by atoms with van der Waals surface area (Å²) >= 11 is 0. The first kappa shape index (κ1) is 18.2. The van der Waals surface area contributed by atoms with E-state index in [9.17, 15) is 18.5 Å². The molecule has 1 aromatic heterocycles. The summed E-state index contributed by atoms with van der Waals surface area (Å²) < 4.78 is 27.1. The Balaban J connectivity index is 1.53. The number of amides is 1. The average molecular weight is 395 g/mol. The van der Waals surface area contributed by atoms with E-state index < -0.39 is 10.0 Å². The number of hydrogen-bond donors (Lipinski definition) is 1. The van der Waals surface area contributed by atoms with Crippen LogP contribution in [-0.2, 0) is 10.0 Å². The highest BCUT2D eigenvalue weighted by molar-refractivity contribution is 7.89. The number of carbonyl (C=O) groups is 1. The molecule has 1 fully saturated rings. The molecule has 1 amide bonds. The molecule has 2 aromatic carbocycles. The molecule has 1 saturated heterocycles. The van der Waals surface area contributed by atoms with E-state index in [-0.39, 0.29) is 42.5 Å². The first-order valence-corrected chi connectivity index (χ1v) is 10.2. The van der Waals surface area contributed by atoms with E-state index in [0.717, 1.165) is 5.39 Å². The van der Waals surface area contributed by atoms with Crippen molar-refractivity contribution < 1.29 is 13.2 Å². The van der Waals surface area contributed by atoms with Gasteiger partial charge in [0.25, 0.3) is 5.91 Å². The third kappa shape index (κ3) is 3.02. The molecule has 3 aromatic rings. The third-order valence-corrected chi connectivity index (χ3v) is 6.82. The minimum Gasteiger partial charge on any atom is -0.336 e. The van der Waals surface area contributed by atoms with Gasteiger partial charge in [-0.25, -0.2) is 8.42 Å². The molecule has 1 aliphatic rings. The summed E-state index contributed by atoms with van der Waals surface area (Å²) in [5.41, 5.74) is 1.30. The Morgan fingerprint density at radius 2 is 1.82 bits per heavy atom. The molecule has 8 nitrogen and oxygen atoms in total. The number of sulfonamides is 1. The van der Waals surface area contributed by atoms with Crippen LogP contribution in [0.15, 0.2) is 53.6 Å². The largest absolute Gasteiger partial charge is 0.336 e. The van der Waals surface area contributed by atoms with Gasteiger partial charge in [0.15, 0.2) is 0 Å². The number of benzene rings is 2. The van der Waals surface area contributed by atoms with Gasteiger partial charge in [0, 0.05) is 31.6 Å². The number of para-hydroxylation sites is 1. The lowest BCUT2D eigenvalue weighted by Gasteiger charge is -2.34. The first-order chi connectivity index (χ1) is 13.5. The second-order valence-electron chi connectivity index (χ2n) is 6.44. The number of nitrogens with one attached hydrogen (secondary N) is 1. The lowest BCUT2D eigenvalue weighted by molar-refractivity contribution is 0.0699. The number of aromatic amines is 1. The Hall–Kier alpha value is -3.22. The van der Waals surface area contributed by atoms with E-state index in [1.807, 2.05) is 12.1 Å². The Morgan fingerprint density at radius 1 is 1.07 bits per heavy atom. The SMILES string of the molecule is N#Cc1ccccc1S(=O)(=O)N1CCN(C(=O)c2cccc3cn[nH]c23)CC1. The molecule has 0 radical (unpaired) electrons. The number of nitrogens with zero attached hydrogens (tertiary/aromatic N) is 4. The molecule has 0 spiro atoms. The molecule has 0 bridgehead atoms. The van der Waals surface area contributed by atoms with E-state index in [0.29, 0.717) is 11.1 Å². The molecular weight excluding hydrogens is 378 g/mol. The average Bonchev–Trinajstić information content (AvgIpc) is 3.22. The minimum absolute atomic E-state index is 0.000459. The Bertz CT molecular complexity index is 1190. The van der Waals surface area contributed by atoms with Gasteiger partial charge in [0.2, 0.25) is 10.0 Å². The van der Waals surface area contributed by atoms with Crippen molar-refractivity contribution >= 4 is 26.8 Å². The van der Waals surface area contributed by atoms with Gasteiger partial charge in [-0.15, -0.1) is 0 Å². The zero-order chi connectivity index (χ0) is 19.7. The quantitative estimate of drug-likeness (QED) is 0.724. The maximum atomic E-state index is 12.9. The predicted molar refractivity (Wildman–Crippen MR) is 102 cm³/mol. The van der Waals surface area contributed by atoms with E-state index in [4.69, 9.17) is 0 Å². The fourth-order valence-electron chi connectivity index (χ4n) is 3.37. The second-order valence-corrected chi connectivity index (χ2v) is 8.35. The van der Waals surface area contributed by atoms with Crippen molar-refractivity contribution in [3.63, 3.8) is 0 Å². The molecule has 1 aliphatic heterocycles. The number of aromatic nitrogens is 2. The number of fused-ring (bicyclic) bond motifs is 1. The van der Waals surface area contributed by atoms with Crippen LogP contribution < -0.4 is 0 Å². The van der Waals surface area contributed by atoms with Crippen LogP contribution in [-0.4, -0.2) is 59.9 Å². The Morgan fingerprint density at radius 3 is 2.57 bits per heavy atom. The lowest BCUT2D eigenvalue weighted by atomic mass is 10.1. The molecule has 0 unspecified atom stereocenters. The van der Waals surface area contributed by atoms with Crippen LogP contribution in [0, 0.1) is 11.3 Å². The van der Waals surface area contributed by atoms with Gasteiger partial charge in [0.1, 0.15) is 6.07 Å². The lowest BCUT2D eigenvalue weighted by Crippen LogP contribution is -2.50. The summed E-state index contributed by atoms with van der Waals surface area (Å²) in [6.07, 6.45) is 1.66. The molecule has 0 aliphatic carbocycles. The van der Waals surface area contributed by atoms with Crippen LogP contribution in [0.2, 0.25) is 0 Å². The smallest absolute Gasteiger partial charge is 0.256 e. The predicted octanol–water partition coefficient (Wildman–Crippen LogP) is 1.58. The van der Waals surface area contributed by atoms with Gasteiger partial charge in [0.05, 0.1) is 27.7 Å². The van der Waals surface area contributed by atoms with Crippen LogP contribution in [0.25, 0.3) is 10.9 Å². The van der Waals surface area contributed by atoms with Crippen LogP contribution in [0.1, 0.15) is 15.9 Å². The molecular formula is C19H17N5O3S. The van der Waals surface area contributed by atoms with E-state index in [1.54, 1.807) is 35.4 Å². The molecule has 2 heterocycles. The molecule has 4 rings (SSSR count). The number of rotatable bonds is 3. The van der Waals surface area contributed by atoms with Crippen molar-refractivity contribution in [2.24, 2.45) is 0 Å². The van der Waals surface area contributed by atoms with Crippen molar-refractivity contribution in [3.05, 3.63) is 59.8 Å². The van der Waals surface area contributed by atoms with Gasteiger partial charge < -0.3 is 4.90 Å². The van der Waals surface area contributed by atoms with Crippen molar-refractivity contribution in [1.82, 2.24) is 19.4 Å². The number of nitriles is 1. The zero-order valence-corrected chi connectivity index (χ0v) is 15.7. The molecule has 9 heteroatoms. The van der Waals surface area contributed by atoms with Gasteiger partial charge in [-0.2, -0.15) is 14.7 Å². The zero-order valence-electron chi connectivity index (χ0n) is 14.9. The highest BCUT2D eigenvalue weighted by Gasteiger charge is 2.32. The van der Waals surface area contributed by atoms with Crippen molar-refractivity contribution in [2.45, 2.75) is 4.90 Å². The molecule has 1 N–H and O–H groups in total. The van der Waals surface area contributed by atoms with Crippen molar-refractivity contribution in [1.29, 1.82) is 5.26 Å². The minimum atomic E-state index is -3.79. The summed E-state index contributed by atoms with van der Waals surface area (Å²) in [7, 11) is -3.79. The van der Waals surface area contributed by atoms with Gasteiger partial charge >= 0.3 is 0 Å². The number of piperazine rings is 1. The van der Waals surface area contributed by atoms with Crippen molar-refractivity contribution in [2.75, 3.05) is 26.2 Å². The monoisotopic (exact) mass is 395 g/mol. The Kier molecular flexibility index (Phi) is 4.58. The summed E-state index contributed by atoms with van der Waals surface area (Å²) in [5.74, 6) is -0.163. The van der Waals surface area contributed by atoms with Crippen LogP contribution >= 0.6 is 0 Å². The maximum absolute atomic E-state index is 12.9. The van der Waals surface area contributed by atoms with Crippen LogP contribution in [0.5, 0.6) is 0 Å². The van der Waals surface area contributed by atoms with Crippen LogP contribution in [0.4, 0.5) is 0 Å². The van der Waals surface area contributed by atoms with E-state index >= 15 is 0 Å². The van der Waals surface area contributed by atoms with Crippen molar-refractivity contribution in [3.8, 4) is 6.07 Å². The van der Waals surface area contributed by atoms with Crippen LogP contribution in [0.3, 0.4) is 0 Å². The Labute approximate surface area is 162 Å². The molecule has 0 atom stereocenters. The summed E-state index contributed by atoms with van der Waals surface area (Å²) in [6, 6.07) is 13.5. The highest BCUT2D eigenvalue weighted by Crippen LogP contribution is 2.23. The molecule has 142 valence electrons. The molecule has 0 saturated carbocycles. The van der Waals surface area contributed by atoms with Gasteiger partial charge in [-0.05, 0) is 18.2 Å². The third-order valence-electron chi connectivity index (χ3n) is 4.86. The summed E-state index contributed by atoms with van der Waals surface area (Å²) in [5, 5.41) is 16.9. The second kappa shape index (κ2) is 7.07. The topological polar surface area (TPSA) is 110 Å². The maximum Gasteiger partial charge on any atom is 0.256 e. The normalized spacial score (nSPS) is 15.5. The number of H-pyrrole nitrogens is 1. The standard InChI is InChI=1S/C19H17N5O3S/c20-12-14-4-1-2-7-17(14)28(26,27)24-10-8-23(9-11-24)19(25)16-6-3-5-15-13-21-22-18(15)16/h1-7,13H,8-11H2,(H,21,22). The summed E-state index contributed by atoms with van der Waals surface area (Å²) in [4.78, 5) is 14.5.